The van der Waals surface area contributed by atoms with E-state index in [1.54, 1.807) is 0 Å². The van der Waals surface area contributed by atoms with Gasteiger partial charge in [0.2, 0.25) is 0 Å². The molecule has 0 bridgehead atoms. The molecule has 0 atom stereocenters. The number of benzene rings is 2. The summed E-state index contributed by atoms with van der Waals surface area (Å²) >= 11 is 3.43. The third-order valence-corrected chi connectivity index (χ3v) is 3.86. The Hall–Kier alpha value is -2.07. The van der Waals surface area contributed by atoms with E-state index in [0.717, 1.165) is 27.0 Å². The summed E-state index contributed by atoms with van der Waals surface area (Å²) in [5.74, 6) is 0.667. The number of fused-ring (bicyclic) bond motifs is 1. The molecule has 0 aromatic heterocycles. The molecule has 106 valence electrons. The Morgan fingerprint density at radius 1 is 1.24 bits per heavy atom. The van der Waals surface area contributed by atoms with Gasteiger partial charge in [0.15, 0.2) is 0 Å². The zero-order valence-corrected chi connectivity index (χ0v) is 13.1. The number of rotatable bonds is 2. The van der Waals surface area contributed by atoms with Crippen molar-refractivity contribution in [3.8, 4) is 5.75 Å². The molecule has 1 N–H and O–H groups in total. The molecule has 1 heterocycles. The molecular formula is C17H14BrNO2. The lowest BCUT2D eigenvalue weighted by molar-refractivity contribution is -0.113. The van der Waals surface area contributed by atoms with Gasteiger partial charge in [-0.15, -0.1) is 0 Å². The largest absolute Gasteiger partial charge is 0.488 e. The number of anilines is 1. The van der Waals surface area contributed by atoms with Gasteiger partial charge < -0.3 is 10.1 Å². The molecule has 4 heteroatoms. The average Bonchev–Trinajstić information content (AvgIpc) is 2.48. The standard InChI is InChI=1S/C17H14BrNO2/c1-11-4-2-3-5-15(11)19-17(20)13-8-12-9-14(18)6-7-16(12)21-10-13/h2-9H,10H2,1H3,(H,19,20). The topological polar surface area (TPSA) is 38.3 Å². The Labute approximate surface area is 131 Å². The lowest BCUT2D eigenvalue weighted by Crippen LogP contribution is -2.21. The lowest BCUT2D eigenvalue weighted by Gasteiger charge is -2.18. The molecule has 0 unspecified atom stereocenters. The van der Waals surface area contributed by atoms with Gasteiger partial charge >= 0.3 is 0 Å². The van der Waals surface area contributed by atoms with E-state index in [0.29, 0.717) is 5.57 Å². The van der Waals surface area contributed by atoms with E-state index >= 15 is 0 Å². The van der Waals surface area contributed by atoms with Crippen LogP contribution in [-0.2, 0) is 4.79 Å². The Morgan fingerprint density at radius 2 is 2.05 bits per heavy atom. The Balaban J connectivity index is 1.84. The van der Waals surface area contributed by atoms with Gasteiger partial charge in [-0.1, -0.05) is 34.1 Å². The number of aryl methyl sites for hydroxylation is 1. The molecule has 0 saturated heterocycles. The Bertz CT molecular complexity index is 737. The van der Waals surface area contributed by atoms with Crippen LogP contribution < -0.4 is 10.1 Å². The zero-order valence-electron chi connectivity index (χ0n) is 11.5. The van der Waals surface area contributed by atoms with Crippen molar-refractivity contribution in [2.45, 2.75) is 6.92 Å². The minimum atomic E-state index is -0.130. The number of nitrogens with one attached hydrogen (secondary N) is 1. The summed E-state index contributed by atoms with van der Waals surface area (Å²) in [6.45, 7) is 2.25. The molecule has 2 aromatic rings. The number of halogens is 1. The Kier molecular flexibility index (Phi) is 3.80. The van der Waals surface area contributed by atoms with Gasteiger partial charge in [0.1, 0.15) is 12.4 Å². The van der Waals surface area contributed by atoms with Crippen LogP contribution in [0.5, 0.6) is 5.75 Å². The second-order valence-corrected chi connectivity index (χ2v) is 5.83. The number of carbonyl (C=O) groups excluding carboxylic acids is 1. The van der Waals surface area contributed by atoms with Crippen LogP contribution in [0, 0.1) is 6.92 Å². The summed E-state index contributed by atoms with van der Waals surface area (Å²) in [5, 5.41) is 2.93. The normalized spacial score (nSPS) is 13.0. The van der Waals surface area contributed by atoms with Gasteiger partial charge in [-0.2, -0.15) is 0 Å². The van der Waals surface area contributed by atoms with Gasteiger partial charge in [-0.05, 0) is 42.8 Å². The van der Waals surface area contributed by atoms with Crippen LogP contribution in [0.1, 0.15) is 11.1 Å². The maximum absolute atomic E-state index is 12.3. The van der Waals surface area contributed by atoms with Crippen molar-refractivity contribution in [3.05, 3.63) is 63.6 Å². The van der Waals surface area contributed by atoms with E-state index in [4.69, 9.17) is 4.74 Å². The summed E-state index contributed by atoms with van der Waals surface area (Å²) in [7, 11) is 0. The van der Waals surface area contributed by atoms with Crippen molar-refractivity contribution in [2.24, 2.45) is 0 Å². The highest BCUT2D eigenvalue weighted by Crippen LogP contribution is 2.29. The monoisotopic (exact) mass is 343 g/mol. The van der Waals surface area contributed by atoms with Gasteiger partial charge in [0.05, 0.1) is 5.57 Å². The second-order valence-electron chi connectivity index (χ2n) is 4.91. The first-order valence-corrected chi connectivity index (χ1v) is 7.43. The van der Waals surface area contributed by atoms with Crippen molar-refractivity contribution in [1.82, 2.24) is 0 Å². The third-order valence-electron chi connectivity index (χ3n) is 3.37. The molecule has 1 aliphatic rings. The maximum Gasteiger partial charge on any atom is 0.255 e. The van der Waals surface area contributed by atoms with E-state index in [-0.39, 0.29) is 12.5 Å². The summed E-state index contributed by atoms with van der Waals surface area (Å²) in [4.78, 5) is 12.3. The first-order valence-electron chi connectivity index (χ1n) is 6.63. The van der Waals surface area contributed by atoms with Crippen LogP contribution >= 0.6 is 15.9 Å². The fourth-order valence-corrected chi connectivity index (χ4v) is 2.57. The van der Waals surface area contributed by atoms with Crippen molar-refractivity contribution >= 4 is 33.6 Å². The molecule has 0 saturated carbocycles. The van der Waals surface area contributed by atoms with E-state index < -0.39 is 0 Å². The number of para-hydroxylation sites is 1. The molecule has 0 aliphatic carbocycles. The minimum Gasteiger partial charge on any atom is -0.488 e. The van der Waals surface area contributed by atoms with Crippen molar-refractivity contribution in [3.63, 3.8) is 0 Å². The molecule has 1 aliphatic heterocycles. The number of carbonyl (C=O) groups is 1. The number of ether oxygens (including phenoxy) is 1. The number of hydrogen-bond donors (Lipinski definition) is 1. The Morgan fingerprint density at radius 3 is 2.86 bits per heavy atom. The van der Waals surface area contributed by atoms with Gasteiger partial charge in [0.25, 0.3) is 5.91 Å². The van der Waals surface area contributed by atoms with Crippen molar-refractivity contribution in [1.29, 1.82) is 0 Å². The van der Waals surface area contributed by atoms with Crippen molar-refractivity contribution in [2.75, 3.05) is 11.9 Å². The first-order chi connectivity index (χ1) is 10.1. The molecule has 0 fully saturated rings. The smallest absolute Gasteiger partial charge is 0.255 e. The SMILES string of the molecule is Cc1ccccc1NC(=O)C1=Cc2cc(Br)ccc2OC1. The minimum absolute atomic E-state index is 0.130. The van der Waals surface area contributed by atoms with E-state index in [1.807, 2.05) is 55.5 Å². The summed E-state index contributed by atoms with van der Waals surface area (Å²) in [5.41, 5.74) is 3.38. The molecular weight excluding hydrogens is 330 g/mol. The summed E-state index contributed by atoms with van der Waals surface area (Å²) < 4.78 is 6.59. The summed E-state index contributed by atoms with van der Waals surface area (Å²) in [6.07, 6.45) is 1.87. The first kappa shape index (κ1) is 13.9. The number of hydrogen-bond acceptors (Lipinski definition) is 2. The predicted molar refractivity (Wildman–Crippen MR) is 87.4 cm³/mol. The third kappa shape index (κ3) is 3.00. The highest BCUT2D eigenvalue weighted by atomic mass is 79.9. The molecule has 0 spiro atoms. The van der Waals surface area contributed by atoms with E-state index in [9.17, 15) is 4.79 Å². The maximum atomic E-state index is 12.3. The van der Waals surface area contributed by atoms with Crippen LogP contribution in [0.25, 0.3) is 6.08 Å². The number of amides is 1. The lowest BCUT2D eigenvalue weighted by atomic mass is 10.1. The van der Waals surface area contributed by atoms with Crippen LogP contribution in [0.15, 0.2) is 52.5 Å². The zero-order chi connectivity index (χ0) is 14.8. The van der Waals surface area contributed by atoms with Crippen LogP contribution in [0.3, 0.4) is 0 Å². The van der Waals surface area contributed by atoms with E-state index in [2.05, 4.69) is 21.2 Å². The fraction of sp³-hybridized carbons (Fsp3) is 0.118. The quantitative estimate of drug-likeness (QED) is 0.888. The molecule has 2 aromatic carbocycles. The molecule has 3 rings (SSSR count). The van der Waals surface area contributed by atoms with Gasteiger partial charge in [-0.3, -0.25) is 4.79 Å². The predicted octanol–water partition coefficient (Wildman–Crippen LogP) is 4.17. The fourth-order valence-electron chi connectivity index (χ4n) is 2.20. The highest BCUT2D eigenvalue weighted by Gasteiger charge is 2.17. The van der Waals surface area contributed by atoms with Crippen molar-refractivity contribution < 1.29 is 9.53 Å². The second kappa shape index (κ2) is 5.74. The molecule has 1 amide bonds. The highest BCUT2D eigenvalue weighted by molar-refractivity contribution is 9.10. The summed E-state index contributed by atoms with van der Waals surface area (Å²) in [6, 6.07) is 13.5. The van der Waals surface area contributed by atoms with Gasteiger partial charge in [0, 0.05) is 15.7 Å². The van der Waals surface area contributed by atoms with Crippen LogP contribution in [0.2, 0.25) is 0 Å². The van der Waals surface area contributed by atoms with Crippen LogP contribution in [-0.4, -0.2) is 12.5 Å². The van der Waals surface area contributed by atoms with Crippen LogP contribution in [0.4, 0.5) is 5.69 Å². The molecule has 3 nitrogen and oxygen atoms in total. The molecule has 0 radical (unpaired) electrons. The average molecular weight is 344 g/mol. The van der Waals surface area contributed by atoms with E-state index in [1.165, 1.54) is 0 Å². The molecule has 21 heavy (non-hydrogen) atoms. The van der Waals surface area contributed by atoms with Gasteiger partial charge in [-0.25, -0.2) is 0 Å².